The van der Waals surface area contributed by atoms with Gasteiger partial charge in [-0.25, -0.2) is 0 Å². The van der Waals surface area contributed by atoms with E-state index in [9.17, 15) is 0 Å². The summed E-state index contributed by atoms with van der Waals surface area (Å²) >= 11 is 0. The maximum atomic E-state index is 3.93. The molecular weight excluding hydrogens is 124 g/mol. The molecule has 0 amide bonds. The molecule has 1 rings (SSSR count). The van der Waals surface area contributed by atoms with E-state index in [4.69, 9.17) is 0 Å². The Morgan fingerprint density at radius 1 is 1.40 bits per heavy atom. The van der Waals surface area contributed by atoms with Crippen molar-refractivity contribution < 1.29 is 0 Å². The zero-order valence-corrected chi connectivity index (χ0v) is 6.33. The van der Waals surface area contributed by atoms with E-state index in [0.29, 0.717) is 6.04 Å². The Hall–Kier alpha value is -0.890. The van der Waals surface area contributed by atoms with Crippen LogP contribution in [0.4, 0.5) is 0 Å². The maximum Gasteiger partial charge on any atom is 0.0290 e. The van der Waals surface area contributed by atoms with Crippen molar-refractivity contribution in [2.75, 3.05) is 7.05 Å². The van der Waals surface area contributed by atoms with Gasteiger partial charge in [0.05, 0.1) is 0 Å². The summed E-state index contributed by atoms with van der Waals surface area (Å²) in [5.74, 6) is 0. The van der Waals surface area contributed by atoms with Gasteiger partial charge in [0.15, 0.2) is 0 Å². The second kappa shape index (κ2) is 3.32. The third kappa shape index (κ3) is 1.54. The lowest BCUT2D eigenvalue weighted by atomic mass is 10.1. The minimum Gasteiger partial charge on any atom is -0.313 e. The number of pyridine rings is 1. The number of nitrogens with one attached hydrogen (secondary N) is 1. The summed E-state index contributed by atoms with van der Waals surface area (Å²) < 4.78 is 0. The lowest BCUT2D eigenvalue weighted by molar-refractivity contribution is 0.651. The van der Waals surface area contributed by atoms with Crippen molar-refractivity contribution >= 4 is 0 Å². The molecule has 2 heteroatoms. The van der Waals surface area contributed by atoms with Gasteiger partial charge in [-0.3, -0.25) is 4.98 Å². The molecular formula is C8H12N2. The highest BCUT2D eigenvalue weighted by molar-refractivity contribution is 5.13. The zero-order chi connectivity index (χ0) is 7.40. The first-order valence-corrected chi connectivity index (χ1v) is 3.42. The second-order valence-electron chi connectivity index (χ2n) is 2.29. The smallest absolute Gasteiger partial charge is 0.0290 e. The van der Waals surface area contributed by atoms with E-state index in [1.807, 2.05) is 31.6 Å². The highest BCUT2D eigenvalue weighted by Crippen LogP contribution is 2.08. The monoisotopic (exact) mass is 136 g/mol. The fraction of sp³-hybridized carbons (Fsp3) is 0.375. The summed E-state index contributed by atoms with van der Waals surface area (Å²) in [6.07, 6.45) is 3.62. The number of nitrogens with zero attached hydrogens (tertiary/aromatic N) is 1. The van der Waals surface area contributed by atoms with Crippen LogP contribution in [-0.2, 0) is 0 Å². The van der Waals surface area contributed by atoms with Gasteiger partial charge in [0.1, 0.15) is 0 Å². The fourth-order valence-electron chi connectivity index (χ4n) is 0.819. The lowest BCUT2D eigenvalue weighted by Gasteiger charge is -2.08. The number of hydrogen-bond acceptors (Lipinski definition) is 2. The Balaban J connectivity index is 2.75. The van der Waals surface area contributed by atoms with Crippen LogP contribution < -0.4 is 5.32 Å². The predicted octanol–water partition coefficient (Wildman–Crippen LogP) is 1.36. The van der Waals surface area contributed by atoms with Crippen molar-refractivity contribution in [3.8, 4) is 0 Å². The minimum atomic E-state index is 0.419. The predicted molar refractivity (Wildman–Crippen MR) is 41.7 cm³/mol. The first kappa shape index (κ1) is 7.22. The first-order chi connectivity index (χ1) is 4.84. The molecule has 0 saturated carbocycles. The fourth-order valence-corrected chi connectivity index (χ4v) is 0.819. The minimum absolute atomic E-state index is 0.419. The Bertz CT molecular complexity index is 184. The molecule has 0 fully saturated rings. The number of aromatic nitrogens is 1. The Kier molecular flexibility index (Phi) is 2.40. The average Bonchev–Trinajstić information content (AvgIpc) is 2.05. The van der Waals surface area contributed by atoms with Gasteiger partial charge >= 0.3 is 0 Å². The van der Waals surface area contributed by atoms with Gasteiger partial charge in [0.2, 0.25) is 0 Å². The van der Waals surface area contributed by atoms with Gasteiger partial charge in [-0.05, 0) is 31.7 Å². The van der Waals surface area contributed by atoms with Crippen LogP contribution >= 0.6 is 0 Å². The summed E-state index contributed by atoms with van der Waals surface area (Å²) in [5, 5.41) is 3.15. The highest BCUT2D eigenvalue weighted by atomic mass is 14.9. The van der Waals surface area contributed by atoms with Crippen molar-refractivity contribution in [1.29, 1.82) is 0 Å². The topological polar surface area (TPSA) is 24.9 Å². The van der Waals surface area contributed by atoms with Gasteiger partial charge < -0.3 is 5.32 Å². The van der Waals surface area contributed by atoms with Crippen LogP contribution in [-0.4, -0.2) is 12.0 Å². The van der Waals surface area contributed by atoms with Crippen LogP contribution in [0.25, 0.3) is 0 Å². The summed E-state index contributed by atoms with van der Waals surface area (Å²) in [4.78, 5) is 3.93. The standard InChI is InChI=1S/C8H12N2/c1-7(9-2)8-3-5-10-6-4-8/h3-7,9H,1-2H3/t7-/m0/s1. The van der Waals surface area contributed by atoms with E-state index in [0.717, 1.165) is 0 Å². The number of rotatable bonds is 2. The van der Waals surface area contributed by atoms with Gasteiger partial charge in [0.25, 0.3) is 0 Å². The van der Waals surface area contributed by atoms with Gasteiger partial charge in [0, 0.05) is 18.4 Å². The molecule has 1 N–H and O–H groups in total. The van der Waals surface area contributed by atoms with Crippen LogP contribution in [0.5, 0.6) is 0 Å². The largest absolute Gasteiger partial charge is 0.313 e. The lowest BCUT2D eigenvalue weighted by Crippen LogP contribution is -2.11. The molecule has 0 aromatic carbocycles. The van der Waals surface area contributed by atoms with Gasteiger partial charge in [-0.2, -0.15) is 0 Å². The van der Waals surface area contributed by atoms with Crippen LogP contribution in [0.15, 0.2) is 24.5 Å². The van der Waals surface area contributed by atoms with Gasteiger partial charge in [-0.1, -0.05) is 0 Å². The summed E-state index contributed by atoms with van der Waals surface area (Å²) in [7, 11) is 1.95. The molecule has 1 aromatic rings. The Morgan fingerprint density at radius 3 is 2.50 bits per heavy atom. The van der Waals surface area contributed by atoms with Crippen molar-refractivity contribution in [1.82, 2.24) is 10.3 Å². The maximum absolute atomic E-state index is 3.93. The first-order valence-electron chi connectivity index (χ1n) is 3.42. The van der Waals surface area contributed by atoms with E-state index >= 15 is 0 Å². The molecule has 0 unspecified atom stereocenters. The van der Waals surface area contributed by atoms with Gasteiger partial charge in [-0.15, -0.1) is 0 Å². The molecule has 10 heavy (non-hydrogen) atoms. The average molecular weight is 136 g/mol. The number of hydrogen-bond donors (Lipinski definition) is 1. The highest BCUT2D eigenvalue weighted by Gasteiger charge is 1.98. The van der Waals surface area contributed by atoms with E-state index in [1.54, 1.807) is 0 Å². The second-order valence-corrected chi connectivity index (χ2v) is 2.29. The SMILES string of the molecule is CN[C@@H](C)c1ccncc1. The molecule has 0 aliphatic heterocycles. The van der Waals surface area contributed by atoms with Crippen molar-refractivity contribution in [3.05, 3.63) is 30.1 Å². The molecule has 0 spiro atoms. The summed E-state index contributed by atoms with van der Waals surface area (Å²) in [5.41, 5.74) is 1.28. The molecule has 1 aromatic heterocycles. The van der Waals surface area contributed by atoms with Crippen molar-refractivity contribution in [2.24, 2.45) is 0 Å². The van der Waals surface area contributed by atoms with Crippen LogP contribution in [0.2, 0.25) is 0 Å². The quantitative estimate of drug-likeness (QED) is 0.664. The molecule has 2 nitrogen and oxygen atoms in total. The van der Waals surface area contributed by atoms with Crippen LogP contribution in [0, 0.1) is 0 Å². The molecule has 0 aliphatic rings. The third-order valence-corrected chi connectivity index (χ3v) is 1.64. The Morgan fingerprint density at radius 2 is 2.00 bits per heavy atom. The van der Waals surface area contributed by atoms with E-state index < -0.39 is 0 Å². The molecule has 54 valence electrons. The molecule has 1 heterocycles. The van der Waals surface area contributed by atoms with Crippen LogP contribution in [0.1, 0.15) is 18.5 Å². The molecule has 0 aliphatic carbocycles. The molecule has 1 atom stereocenters. The van der Waals surface area contributed by atoms with Crippen LogP contribution in [0.3, 0.4) is 0 Å². The van der Waals surface area contributed by atoms with Crippen molar-refractivity contribution in [3.63, 3.8) is 0 Å². The molecule has 0 bridgehead atoms. The third-order valence-electron chi connectivity index (χ3n) is 1.64. The van der Waals surface area contributed by atoms with E-state index in [-0.39, 0.29) is 0 Å². The zero-order valence-electron chi connectivity index (χ0n) is 6.33. The Labute approximate surface area is 61.3 Å². The van der Waals surface area contributed by atoms with Crippen molar-refractivity contribution in [2.45, 2.75) is 13.0 Å². The normalized spacial score (nSPS) is 13.0. The molecule has 0 saturated heterocycles. The summed E-state index contributed by atoms with van der Waals surface area (Å²) in [6, 6.07) is 4.45. The summed E-state index contributed by atoms with van der Waals surface area (Å²) in [6.45, 7) is 2.12. The van der Waals surface area contributed by atoms with E-state index in [2.05, 4.69) is 17.2 Å². The molecule has 0 radical (unpaired) electrons. The van der Waals surface area contributed by atoms with E-state index in [1.165, 1.54) is 5.56 Å².